The van der Waals surface area contributed by atoms with Crippen LogP contribution in [0.3, 0.4) is 0 Å². The van der Waals surface area contributed by atoms with Gasteiger partial charge in [-0.2, -0.15) is 0 Å². The zero-order chi connectivity index (χ0) is 15.1. The fourth-order valence-electron chi connectivity index (χ4n) is 1.38. The molecule has 20 heavy (non-hydrogen) atoms. The maximum Gasteiger partial charge on any atom is 0.313 e. The molecule has 0 aromatic heterocycles. The first-order valence-electron chi connectivity index (χ1n) is 5.81. The summed E-state index contributed by atoms with van der Waals surface area (Å²) in [6.45, 7) is 1.88. The van der Waals surface area contributed by atoms with Crippen molar-refractivity contribution >= 4 is 35.1 Å². The molecule has 0 radical (unpaired) electrons. The third-order valence-electron chi connectivity index (χ3n) is 2.23. The Morgan fingerprint density at radius 2 is 2.10 bits per heavy atom. The predicted molar refractivity (Wildman–Crippen MR) is 74.9 cm³/mol. The van der Waals surface area contributed by atoms with Gasteiger partial charge in [0.15, 0.2) is 17.3 Å². The number of ketones is 1. The maximum atomic E-state index is 13.9. The normalized spacial score (nSPS) is 10.2. The largest absolute Gasteiger partial charge is 0.494 e. The lowest BCUT2D eigenvalue weighted by Gasteiger charge is -2.08. The van der Waals surface area contributed by atoms with Crippen molar-refractivity contribution in [3.63, 3.8) is 0 Å². The van der Waals surface area contributed by atoms with Gasteiger partial charge in [-0.05, 0) is 13.0 Å². The molecule has 1 aromatic rings. The Balaban J connectivity index is 2.64. The lowest BCUT2D eigenvalue weighted by Crippen LogP contribution is -2.12. The predicted octanol–water partition coefficient (Wildman–Crippen LogP) is 3.10. The zero-order valence-electron chi connectivity index (χ0n) is 11.1. The molecule has 1 aromatic carbocycles. The van der Waals surface area contributed by atoms with Gasteiger partial charge in [0.2, 0.25) is 0 Å². The van der Waals surface area contributed by atoms with E-state index in [2.05, 4.69) is 4.74 Å². The second-order valence-electron chi connectivity index (χ2n) is 3.73. The Hall–Kier alpha value is -1.27. The van der Waals surface area contributed by atoms with Crippen LogP contribution in [-0.2, 0) is 14.3 Å². The highest BCUT2D eigenvalue weighted by atomic mass is 35.5. The van der Waals surface area contributed by atoms with Crippen LogP contribution < -0.4 is 4.74 Å². The smallest absolute Gasteiger partial charge is 0.313 e. The van der Waals surface area contributed by atoms with Crippen LogP contribution in [0.2, 0.25) is 5.02 Å². The Morgan fingerprint density at radius 1 is 1.40 bits per heavy atom. The van der Waals surface area contributed by atoms with E-state index in [1.807, 2.05) is 0 Å². The Labute approximate surface area is 125 Å². The molecule has 4 nitrogen and oxygen atoms in total. The number of ether oxygens (including phenoxy) is 2. The van der Waals surface area contributed by atoms with E-state index >= 15 is 0 Å². The third kappa shape index (κ3) is 5.02. The molecule has 0 saturated heterocycles. The van der Waals surface area contributed by atoms with E-state index in [4.69, 9.17) is 16.3 Å². The molecule has 0 unspecified atom stereocenters. The monoisotopic (exact) mass is 320 g/mol. The minimum absolute atomic E-state index is 0.0119. The topological polar surface area (TPSA) is 52.6 Å². The lowest BCUT2D eigenvalue weighted by atomic mass is 10.3. The van der Waals surface area contributed by atoms with E-state index in [0.717, 1.165) is 11.8 Å². The number of thioether (sulfide) groups is 1. The van der Waals surface area contributed by atoms with E-state index in [1.165, 1.54) is 19.2 Å². The van der Waals surface area contributed by atoms with Crippen molar-refractivity contribution in [2.45, 2.75) is 18.2 Å². The van der Waals surface area contributed by atoms with Crippen LogP contribution in [0.25, 0.3) is 0 Å². The number of rotatable bonds is 7. The van der Waals surface area contributed by atoms with E-state index in [9.17, 15) is 14.0 Å². The van der Waals surface area contributed by atoms with Crippen molar-refractivity contribution in [1.82, 2.24) is 0 Å². The summed E-state index contributed by atoms with van der Waals surface area (Å²) in [5, 5.41) is 0.309. The standard InChI is InChI=1S/C13H14ClFO4S/c1-3-19-12(17)6-9(16)7-20-11-5-8(14)4-10(18-2)13(11)15/h4-5H,3,6-7H2,1-2H3. The highest BCUT2D eigenvalue weighted by Gasteiger charge is 2.15. The SMILES string of the molecule is CCOC(=O)CC(=O)CSc1cc(Cl)cc(OC)c1F. The van der Waals surface area contributed by atoms with Gasteiger partial charge in [-0.3, -0.25) is 9.59 Å². The summed E-state index contributed by atoms with van der Waals surface area (Å²) in [6, 6.07) is 2.75. The van der Waals surface area contributed by atoms with Crippen LogP contribution in [0.4, 0.5) is 4.39 Å². The number of carbonyl (C=O) groups is 2. The van der Waals surface area contributed by atoms with Gasteiger partial charge in [-0.25, -0.2) is 4.39 Å². The van der Waals surface area contributed by atoms with Crippen LogP contribution >= 0.6 is 23.4 Å². The number of hydrogen-bond donors (Lipinski definition) is 0. The molecule has 7 heteroatoms. The Bertz CT molecular complexity index is 507. The molecular formula is C13H14ClFO4S. The number of methoxy groups -OCH3 is 1. The summed E-state index contributed by atoms with van der Waals surface area (Å²) in [4.78, 5) is 22.9. The summed E-state index contributed by atoms with van der Waals surface area (Å²) in [5.41, 5.74) is 0. The molecule has 0 aliphatic heterocycles. The second-order valence-corrected chi connectivity index (χ2v) is 5.18. The molecule has 0 aliphatic rings. The fourth-order valence-corrected chi connectivity index (χ4v) is 2.51. The molecule has 0 heterocycles. The maximum absolute atomic E-state index is 13.9. The van der Waals surface area contributed by atoms with Gasteiger partial charge >= 0.3 is 5.97 Å². The first-order chi connectivity index (χ1) is 9.47. The van der Waals surface area contributed by atoms with Gasteiger partial charge in [0.25, 0.3) is 0 Å². The minimum atomic E-state index is -0.581. The third-order valence-corrected chi connectivity index (χ3v) is 3.52. The van der Waals surface area contributed by atoms with Crippen LogP contribution in [-0.4, -0.2) is 31.2 Å². The minimum Gasteiger partial charge on any atom is -0.494 e. The van der Waals surface area contributed by atoms with Gasteiger partial charge in [-0.1, -0.05) is 11.6 Å². The number of hydrogen-bond acceptors (Lipinski definition) is 5. The van der Waals surface area contributed by atoms with Crippen molar-refractivity contribution < 1.29 is 23.5 Å². The molecule has 0 saturated carbocycles. The lowest BCUT2D eigenvalue weighted by molar-refractivity contribution is -0.145. The van der Waals surface area contributed by atoms with Gasteiger partial charge in [0.05, 0.1) is 19.5 Å². The summed E-state index contributed by atoms with van der Waals surface area (Å²) in [6.07, 6.45) is -0.319. The number of benzene rings is 1. The molecule has 110 valence electrons. The number of Topliss-reactive ketones (excluding diaryl/α,β-unsaturated/α-hetero) is 1. The van der Waals surface area contributed by atoms with E-state index < -0.39 is 11.8 Å². The van der Waals surface area contributed by atoms with Crippen molar-refractivity contribution in [3.05, 3.63) is 23.0 Å². The van der Waals surface area contributed by atoms with Crippen LogP contribution in [0, 0.1) is 5.82 Å². The molecule has 0 amide bonds. The number of halogens is 2. The highest BCUT2D eigenvalue weighted by Crippen LogP contribution is 2.32. The molecule has 1 rings (SSSR count). The highest BCUT2D eigenvalue weighted by molar-refractivity contribution is 8.00. The van der Waals surface area contributed by atoms with Crippen molar-refractivity contribution in [2.24, 2.45) is 0 Å². The molecule has 0 spiro atoms. The molecule has 0 fully saturated rings. The molecular weight excluding hydrogens is 307 g/mol. The van der Waals surface area contributed by atoms with Gasteiger partial charge < -0.3 is 9.47 Å². The van der Waals surface area contributed by atoms with Crippen molar-refractivity contribution in [2.75, 3.05) is 19.5 Å². The summed E-state index contributed by atoms with van der Waals surface area (Å²) < 4.78 is 23.4. The average Bonchev–Trinajstić information content (AvgIpc) is 2.39. The fraction of sp³-hybridized carbons (Fsp3) is 0.385. The molecule has 0 N–H and O–H groups in total. The first kappa shape index (κ1) is 16.8. The zero-order valence-corrected chi connectivity index (χ0v) is 12.6. The summed E-state index contributed by atoms with van der Waals surface area (Å²) in [7, 11) is 1.33. The summed E-state index contributed by atoms with van der Waals surface area (Å²) >= 11 is 6.78. The number of carbonyl (C=O) groups excluding carboxylic acids is 2. The van der Waals surface area contributed by atoms with Crippen LogP contribution in [0.1, 0.15) is 13.3 Å². The summed E-state index contributed by atoms with van der Waals surface area (Å²) in [5.74, 6) is -1.53. The Kier molecular flexibility index (Phi) is 6.81. The Morgan fingerprint density at radius 3 is 2.70 bits per heavy atom. The van der Waals surface area contributed by atoms with Crippen LogP contribution in [0.15, 0.2) is 17.0 Å². The number of esters is 1. The molecule has 0 bridgehead atoms. The van der Waals surface area contributed by atoms with E-state index in [0.29, 0.717) is 5.02 Å². The van der Waals surface area contributed by atoms with Gasteiger partial charge in [0, 0.05) is 16.0 Å². The first-order valence-corrected chi connectivity index (χ1v) is 7.17. The van der Waals surface area contributed by atoms with E-state index in [1.54, 1.807) is 6.92 Å². The quantitative estimate of drug-likeness (QED) is 0.439. The molecule has 0 aliphatic carbocycles. The van der Waals surface area contributed by atoms with E-state index in [-0.39, 0.29) is 35.2 Å². The van der Waals surface area contributed by atoms with Crippen LogP contribution in [0.5, 0.6) is 5.75 Å². The second kappa shape index (κ2) is 8.11. The van der Waals surface area contributed by atoms with Gasteiger partial charge in [0.1, 0.15) is 6.42 Å². The van der Waals surface area contributed by atoms with Crippen molar-refractivity contribution in [3.8, 4) is 5.75 Å². The van der Waals surface area contributed by atoms with Gasteiger partial charge in [-0.15, -0.1) is 11.8 Å². The average molecular weight is 321 g/mol. The van der Waals surface area contributed by atoms with Crippen molar-refractivity contribution in [1.29, 1.82) is 0 Å². The molecule has 0 atom stereocenters.